The molecule has 0 radical (unpaired) electrons. The summed E-state index contributed by atoms with van der Waals surface area (Å²) in [7, 11) is 0. The number of rotatable bonds is 3. The molecule has 19 heavy (non-hydrogen) atoms. The Labute approximate surface area is 119 Å². The second-order valence-corrected chi connectivity index (χ2v) is 8.22. The molecule has 2 bridgehead atoms. The predicted octanol–water partition coefficient (Wildman–Crippen LogP) is 3.28. The van der Waals surface area contributed by atoms with Gasteiger partial charge in [-0.05, 0) is 68.5 Å². The highest BCUT2D eigenvalue weighted by molar-refractivity contribution is 5.12. The zero-order chi connectivity index (χ0) is 13.7. The first-order valence-electron chi connectivity index (χ1n) is 8.44. The minimum Gasteiger partial charge on any atom is -0.310 e. The lowest BCUT2D eigenvalue weighted by atomic mass is 9.68. The fourth-order valence-corrected chi connectivity index (χ4v) is 5.37. The predicted molar refractivity (Wildman–Crippen MR) is 81.3 cm³/mol. The summed E-state index contributed by atoms with van der Waals surface area (Å²) < 4.78 is 0. The molecule has 0 amide bonds. The smallest absolute Gasteiger partial charge is 0.0177 e. The van der Waals surface area contributed by atoms with Gasteiger partial charge in [-0.25, -0.2) is 0 Å². The van der Waals surface area contributed by atoms with Crippen molar-refractivity contribution in [3.8, 4) is 0 Å². The molecule has 1 heterocycles. The quantitative estimate of drug-likeness (QED) is 0.841. The van der Waals surface area contributed by atoms with Gasteiger partial charge in [0, 0.05) is 12.1 Å². The molecular weight excluding hydrogens is 232 g/mol. The van der Waals surface area contributed by atoms with E-state index in [0.717, 1.165) is 18.0 Å². The van der Waals surface area contributed by atoms with Gasteiger partial charge in [0.25, 0.3) is 0 Å². The molecule has 2 saturated carbocycles. The Morgan fingerprint density at radius 1 is 1.11 bits per heavy atom. The van der Waals surface area contributed by atoms with Crippen LogP contribution in [0.3, 0.4) is 0 Å². The molecule has 0 aromatic carbocycles. The minimum absolute atomic E-state index is 0.509. The molecule has 1 saturated heterocycles. The van der Waals surface area contributed by atoms with Crippen LogP contribution in [0.4, 0.5) is 0 Å². The van der Waals surface area contributed by atoms with Crippen molar-refractivity contribution >= 4 is 0 Å². The van der Waals surface area contributed by atoms with E-state index in [1.54, 1.807) is 0 Å². The zero-order valence-corrected chi connectivity index (χ0v) is 13.3. The first-order valence-corrected chi connectivity index (χ1v) is 8.44. The monoisotopic (exact) mass is 264 g/mol. The topological polar surface area (TPSA) is 15.3 Å². The van der Waals surface area contributed by atoms with Gasteiger partial charge in [0.05, 0.1) is 0 Å². The summed E-state index contributed by atoms with van der Waals surface area (Å²) in [4.78, 5) is 2.59. The largest absolute Gasteiger partial charge is 0.310 e. The van der Waals surface area contributed by atoms with Gasteiger partial charge in [0.1, 0.15) is 0 Å². The maximum atomic E-state index is 4.10. The van der Waals surface area contributed by atoms with Crippen molar-refractivity contribution in [1.82, 2.24) is 10.2 Å². The van der Waals surface area contributed by atoms with E-state index in [4.69, 9.17) is 0 Å². The normalized spacial score (nSPS) is 42.9. The molecule has 3 atom stereocenters. The SMILES string of the molecule is CCN1CCC(NC2C3(C)CCC(C3)C2(C)C)CC1. The average Bonchev–Trinajstić information content (AvgIpc) is 2.87. The van der Waals surface area contributed by atoms with Gasteiger partial charge in [-0.3, -0.25) is 0 Å². The van der Waals surface area contributed by atoms with Gasteiger partial charge in [-0.2, -0.15) is 0 Å². The van der Waals surface area contributed by atoms with Crippen molar-refractivity contribution in [3.63, 3.8) is 0 Å². The molecule has 0 spiro atoms. The lowest BCUT2D eigenvalue weighted by molar-refractivity contribution is 0.0841. The molecule has 0 aromatic rings. The maximum absolute atomic E-state index is 4.10. The summed E-state index contributed by atoms with van der Waals surface area (Å²) in [6, 6.07) is 1.51. The highest BCUT2D eigenvalue weighted by atomic mass is 15.1. The summed E-state index contributed by atoms with van der Waals surface area (Å²) in [5, 5.41) is 4.10. The van der Waals surface area contributed by atoms with Crippen LogP contribution < -0.4 is 5.32 Å². The van der Waals surface area contributed by atoms with Gasteiger partial charge in [-0.1, -0.05) is 27.7 Å². The lowest BCUT2D eigenvalue weighted by Crippen LogP contribution is -2.55. The van der Waals surface area contributed by atoms with E-state index >= 15 is 0 Å². The standard InChI is InChI=1S/C17H32N2/c1-5-19-10-7-14(8-11-19)18-15-16(2,3)13-6-9-17(15,4)12-13/h13-15,18H,5-12H2,1-4H3. The Morgan fingerprint density at radius 3 is 2.32 bits per heavy atom. The van der Waals surface area contributed by atoms with Crippen LogP contribution in [-0.2, 0) is 0 Å². The first-order chi connectivity index (χ1) is 8.95. The third-order valence-electron chi connectivity index (χ3n) is 6.71. The van der Waals surface area contributed by atoms with Gasteiger partial charge in [0.2, 0.25) is 0 Å². The van der Waals surface area contributed by atoms with Crippen LogP contribution >= 0.6 is 0 Å². The second-order valence-electron chi connectivity index (χ2n) is 8.22. The summed E-state index contributed by atoms with van der Waals surface area (Å²) in [6.45, 7) is 13.7. The van der Waals surface area contributed by atoms with Crippen molar-refractivity contribution in [2.45, 2.75) is 71.9 Å². The minimum atomic E-state index is 0.509. The number of hydrogen-bond donors (Lipinski definition) is 1. The molecule has 3 aliphatic rings. The van der Waals surface area contributed by atoms with Crippen LogP contribution in [0.2, 0.25) is 0 Å². The molecule has 1 aliphatic heterocycles. The van der Waals surface area contributed by atoms with E-state index in [9.17, 15) is 0 Å². The average molecular weight is 264 g/mol. The van der Waals surface area contributed by atoms with Crippen molar-refractivity contribution in [1.29, 1.82) is 0 Å². The van der Waals surface area contributed by atoms with Crippen LogP contribution in [0, 0.1) is 16.7 Å². The highest BCUT2D eigenvalue weighted by Crippen LogP contribution is 2.62. The third kappa shape index (κ3) is 2.25. The Hall–Kier alpha value is -0.0800. The number of likely N-dealkylation sites (tertiary alicyclic amines) is 1. The van der Waals surface area contributed by atoms with Gasteiger partial charge < -0.3 is 10.2 Å². The van der Waals surface area contributed by atoms with E-state index in [1.165, 1.54) is 51.7 Å². The molecule has 110 valence electrons. The van der Waals surface area contributed by atoms with Crippen molar-refractivity contribution < 1.29 is 0 Å². The third-order valence-corrected chi connectivity index (χ3v) is 6.71. The van der Waals surface area contributed by atoms with E-state index in [0.29, 0.717) is 10.8 Å². The Bertz CT molecular complexity index is 325. The molecule has 3 fully saturated rings. The number of piperidine rings is 1. The van der Waals surface area contributed by atoms with Crippen molar-refractivity contribution in [2.75, 3.05) is 19.6 Å². The van der Waals surface area contributed by atoms with Gasteiger partial charge >= 0.3 is 0 Å². The molecule has 1 N–H and O–H groups in total. The van der Waals surface area contributed by atoms with Crippen LogP contribution in [-0.4, -0.2) is 36.6 Å². The summed E-state index contributed by atoms with van der Waals surface area (Å²) >= 11 is 0. The van der Waals surface area contributed by atoms with Crippen LogP contribution in [0.1, 0.15) is 59.8 Å². The summed E-state index contributed by atoms with van der Waals surface area (Å²) in [5.41, 5.74) is 1.09. The Kier molecular flexibility index (Phi) is 3.46. The summed E-state index contributed by atoms with van der Waals surface area (Å²) in [6.07, 6.45) is 7.08. The number of nitrogens with zero attached hydrogens (tertiary/aromatic N) is 1. The van der Waals surface area contributed by atoms with Crippen LogP contribution in [0.5, 0.6) is 0 Å². The Balaban J connectivity index is 1.64. The second kappa shape index (κ2) is 4.73. The fraction of sp³-hybridized carbons (Fsp3) is 1.00. The molecule has 2 aliphatic carbocycles. The Morgan fingerprint density at radius 2 is 1.79 bits per heavy atom. The van der Waals surface area contributed by atoms with E-state index < -0.39 is 0 Å². The van der Waals surface area contributed by atoms with E-state index in [2.05, 4.69) is 37.9 Å². The molecule has 0 aromatic heterocycles. The van der Waals surface area contributed by atoms with Crippen molar-refractivity contribution in [3.05, 3.63) is 0 Å². The molecule has 2 heteroatoms. The first kappa shape index (κ1) is 13.9. The van der Waals surface area contributed by atoms with Crippen LogP contribution in [0.25, 0.3) is 0 Å². The van der Waals surface area contributed by atoms with Gasteiger partial charge in [0.15, 0.2) is 0 Å². The summed E-state index contributed by atoms with van der Waals surface area (Å²) in [5.74, 6) is 0.964. The number of fused-ring (bicyclic) bond motifs is 2. The number of nitrogens with one attached hydrogen (secondary N) is 1. The highest BCUT2D eigenvalue weighted by Gasteiger charge is 2.59. The molecule has 3 unspecified atom stereocenters. The lowest BCUT2D eigenvalue weighted by Gasteiger charge is -2.46. The van der Waals surface area contributed by atoms with Gasteiger partial charge in [-0.15, -0.1) is 0 Å². The van der Waals surface area contributed by atoms with E-state index in [1.807, 2.05) is 0 Å². The van der Waals surface area contributed by atoms with Crippen molar-refractivity contribution in [2.24, 2.45) is 16.7 Å². The fourth-order valence-electron chi connectivity index (χ4n) is 5.37. The number of hydrogen-bond acceptors (Lipinski definition) is 2. The van der Waals surface area contributed by atoms with Crippen LogP contribution in [0.15, 0.2) is 0 Å². The van der Waals surface area contributed by atoms with E-state index in [-0.39, 0.29) is 0 Å². The maximum Gasteiger partial charge on any atom is 0.0177 e. The molecule has 2 nitrogen and oxygen atoms in total. The molecular formula is C17H32N2. The molecule has 3 rings (SSSR count). The zero-order valence-electron chi connectivity index (χ0n) is 13.3.